The summed E-state index contributed by atoms with van der Waals surface area (Å²) in [4.78, 5) is 11.8. The van der Waals surface area contributed by atoms with Gasteiger partial charge < -0.3 is 19.9 Å². The van der Waals surface area contributed by atoms with E-state index in [2.05, 4.69) is 12.2 Å². The third-order valence-electron chi connectivity index (χ3n) is 3.93. The number of anilines is 1. The van der Waals surface area contributed by atoms with E-state index in [1.165, 1.54) is 0 Å². The van der Waals surface area contributed by atoms with Gasteiger partial charge in [0.15, 0.2) is 0 Å². The number of ether oxygens (including phenoxy) is 2. The molecular weight excluding hydrogens is 270 g/mol. The third-order valence-corrected chi connectivity index (χ3v) is 3.93. The van der Waals surface area contributed by atoms with E-state index in [0.29, 0.717) is 25.2 Å². The predicted molar refractivity (Wildman–Crippen MR) is 80.9 cm³/mol. The minimum Gasteiger partial charge on any atom is -0.497 e. The molecule has 0 spiro atoms. The Morgan fingerprint density at radius 1 is 1.57 bits per heavy atom. The lowest BCUT2D eigenvalue weighted by molar-refractivity contribution is -0.148. The Morgan fingerprint density at radius 3 is 3.05 bits per heavy atom. The molecule has 2 N–H and O–H groups in total. The van der Waals surface area contributed by atoms with Gasteiger partial charge >= 0.3 is 5.97 Å². The molecule has 1 aromatic carbocycles. The van der Waals surface area contributed by atoms with Crippen LogP contribution in [0.4, 0.5) is 5.69 Å². The van der Waals surface area contributed by atoms with Crippen molar-refractivity contribution in [3.8, 4) is 5.75 Å². The van der Waals surface area contributed by atoms with Crippen LogP contribution in [0.2, 0.25) is 0 Å². The standard InChI is InChI=1S/C16H23NO4/c1-3-5-14-11-16(15(18)19,8-9-21-14)17-12-6-4-7-13(10-12)20-2/h4,6-7,10,14,17H,3,5,8-9,11H2,1-2H3,(H,18,19). The minimum absolute atomic E-state index is 0.00189. The molecule has 5 heteroatoms. The van der Waals surface area contributed by atoms with Crippen LogP contribution < -0.4 is 10.1 Å². The molecule has 0 radical (unpaired) electrons. The molecule has 2 unspecified atom stereocenters. The molecule has 1 aliphatic rings. The van der Waals surface area contributed by atoms with Gasteiger partial charge in [-0.15, -0.1) is 0 Å². The van der Waals surface area contributed by atoms with Crippen molar-refractivity contribution in [2.75, 3.05) is 19.0 Å². The lowest BCUT2D eigenvalue weighted by atomic mass is 9.85. The average molecular weight is 293 g/mol. The Morgan fingerprint density at radius 2 is 2.38 bits per heavy atom. The maximum atomic E-state index is 11.8. The number of hydrogen-bond acceptors (Lipinski definition) is 4. The van der Waals surface area contributed by atoms with Gasteiger partial charge in [0.2, 0.25) is 0 Å². The highest BCUT2D eigenvalue weighted by atomic mass is 16.5. The van der Waals surface area contributed by atoms with Crippen LogP contribution >= 0.6 is 0 Å². The lowest BCUT2D eigenvalue weighted by Gasteiger charge is -2.39. The zero-order valence-corrected chi connectivity index (χ0v) is 12.6. The van der Waals surface area contributed by atoms with Gasteiger partial charge in [-0.1, -0.05) is 19.4 Å². The van der Waals surface area contributed by atoms with Crippen molar-refractivity contribution in [1.82, 2.24) is 0 Å². The number of benzene rings is 1. The monoisotopic (exact) mass is 293 g/mol. The molecule has 21 heavy (non-hydrogen) atoms. The van der Waals surface area contributed by atoms with Crippen molar-refractivity contribution < 1.29 is 19.4 Å². The van der Waals surface area contributed by atoms with Gasteiger partial charge in [-0.3, -0.25) is 0 Å². The molecule has 1 fully saturated rings. The molecule has 5 nitrogen and oxygen atoms in total. The van der Waals surface area contributed by atoms with Crippen molar-refractivity contribution in [2.45, 2.75) is 44.2 Å². The highest BCUT2D eigenvalue weighted by Crippen LogP contribution is 2.32. The van der Waals surface area contributed by atoms with Crippen LogP contribution in [-0.2, 0) is 9.53 Å². The number of carboxylic acids is 1. The second kappa shape index (κ2) is 6.80. The van der Waals surface area contributed by atoms with Crippen molar-refractivity contribution in [3.63, 3.8) is 0 Å². The molecule has 1 heterocycles. The molecule has 0 saturated carbocycles. The minimum atomic E-state index is -0.968. The number of carboxylic acid groups (broad SMARTS) is 1. The Balaban J connectivity index is 2.19. The number of hydrogen-bond donors (Lipinski definition) is 2. The van der Waals surface area contributed by atoms with Gasteiger partial charge in [-0.05, 0) is 18.6 Å². The maximum Gasteiger partial charge on any atom is 0.329 e. The van der Waals surface area contributed by atoms with E-state index >= 15 is 0 Å². The van der Waals surface area contributed by atoms with E-state index in [-0.39, 0.29) is 6.10 Å². The van der Waals surface area contributed by atoms with Gasteiger partial charge in [0.25, 0.3) is 0 Å². The van der Waals surface area contributed by atoms with E-state index in [4.69, 9.17) is 9.47 Å². The highest BCUT2D eigenvalue weighted by Gasteiger charge is 2.43. The van der Waals surface area contributed by atoms with Crippen molar-refractivity contribution in [2.24, 2.45) is 0 Å². The number of nitrogens with one attached hydrogen (secondary N) is 1. The highest BCUT2D eigenvalue weighted by molar-refractivity contribution is 5.83. The largest absolute Gasteiger partial charge is 0.497 e. The number of rotatable bonds is 6. The molecule has 0 aliphatic carbocycles. The summed E-state index contributed by atoms with van der Waals surface area (Å²) in [5.74, 6) is -0.118. The van der Waals surface area contributed by atoms with Crippen LogP contribution in [0.3, 0.4) is 0 Å². The summed E-state index contributed by atoms with van der Waals surface area (Å²) in [6, 6.07) is 7.36. The molecule has 1 saturated heterocycles. The molecule has 0 aromatic heterocycles. The Labute approximate surface area is 125 Å². The molecule has 0 bridgehead atoms. The second-order valence-corrected chi connectivity index (χ2v) is 5.48. The first-order valence-corrected chi connectivity index (χ1v) is 7.37. The predicted octanol–water partition coefficient (Wildman–Crippen LogP) is 2.91. The fourth-order valence-corrected chi connectivity index (χ4v) is 2.80. The van der Waals surface area contributed by atoms with E-state index < -0.39 is 11.5 Å². The fraction of sp³-hybridized carbons (Fsp3) is 0.562. The van der Waals surface area contributed by atoms with Crippen molar-refractivity contribution in [1.29, 1.82) is 0 Å². The summed E-state index contributed by atoms with van der Waals surface area (Å²) < 4.78 is 10.9. The first-order valence-electron chi connectivity index (χ1n) is 7.37. The van der Waals surface area contributed by atoms with E-state index in [1.807, 2.05) is 24.3 Å². The van der Waals surface area contributed by atoms with E-state index in [1.54, 1.807) is 7.11 Å². The van der Waals surface area contributed by atoms with Crippen LogP contribution in [0.15, 0.2) is 24.3 Å². The molecular formula is C16H23NO4. The Kier molecular flexibility index (Phi) is 5.07. The van der Waals surface area contributed by atoms with Gasteiger partial charge in [0, 0.05) is 31.2 Å². The number of aliphatic carboxylic acids is 1. The lowest BCUT2D eigenvalue weighted by Crippen LogP contribution is -2.53. The molecule has 2 rings (SSSR count). The van der Waals surface area contributed by atoms with Crippen LogP contribution in [-0.4, -0.2) is 36.4 Å². The summed E-state index contributed by atoms with van der Waals surface area (Å²) >= 11 is 0. The molecule has 1 aromatic rings. The maximum absolute atomic E-state index is 11.8. The van der Waals surface area contributed by atoms with Gasteiger partial charge in [0.05, 0.1) is 13.2 Å². The molecule has 116 valence electrons. The molecule has 2 atom stereocenters. The van der Waals surface area contributed by atoms with Crippen LogP contribution in [0.1, 0.15) is 32.6 Å². The van der Waals surface area contributed by atoms with Crippen LogP contribution in [0, 0.1) is 0 Å². The normalized spacial score (nSPS) is 25.3. The first kappa shape index (κ1) is 15.6. The quantitative estimate of drug-likeness (QED) is 0.844. The summed E-state index contributed by atoms with van der Waals surface area (Å²) in [6.45, 7) is 2.55. The van der Waals surface area contributed by atoms with Gasteiger partial charge in [0.1, 0.15) is 11.3 Å². The van der Waals surface area contributed by atoms with E-state index in [0.717, 1.165) is 18.5 Å². The fourth-order valence-electron chi connectivity index (χ4n) is 2.80. The van der Waals surface area contributed by atoms with Crippen molar-refractivity contribution in [3.05, 3.63) is 24.3 Å². The van der Waals surface area contributed by atoms with Crippen molar-refractivity contribution >= 4 is 11.7 Å². The second-order valence-electron chi connectivity index (χ2n) is 5.48. The zero-order valence-electron chi connectivity index (χ0n) is 12.6. The Bertz CT molecular complexity index is 489. The first-order chi connectivity index (χ1) is 10.1. The number of carbonyl (C=O) groups is 1. The topological polar surface area (TPSA) is 67.8 Å². The zero-order chi connectivity index (χ0) is 15.3. The molecule has 0 amide bonds. The van der Waals surface area contributed by atoms with Gasteiger partial charge in [-0.2, -0.15) is 0 Å². The molecule has 1 aliphatic heterocycles. The van der Waals surface area contributed by atoms with Crippen LogP contribution in [0.5, 0.6) is 5.75 Å². The summed E-state index contributed by atoms with van der Waals surface area (Å²) in [5.41, 5.74) is -0.210. The third kappa shape index (κ3) is 3.67. The van der Waals surface area contributed by atoms with E-state index in [9.17, 15) is 9.90 Å². The number of methoxy groups -OCH3 is 1. The summed E-state index contributed by atoms with van der Waals surface area (Å²) in [5, 5.41) is 12.9. The SMILES string of the molecule is CCCC1CC(Nc2cccc(OC)c2)(C(=O)O)CCO1. The van der Waals surface area contributed by atoms with Gasteiger partial charge in [-0.25, -0.2) is 4.79 Å². The summed E-state index contributed by atoms with van der Waals surface area (Å²) in [6.07, 6.45) is 2.81. The van der Waals surface area contributed by atoms with Crippen LogP contribution in [0.25, 0.3) is 0 Å². The smallest absolute Gasteiger partial charge is 0.329 e. The Hall–Kier alpha value is -1.75. The summed E-state index contributed by atoms with van der Waals surface area (Å²) in [7, 11) is 1.60. The average Bonchev–Trinajstić information content (AvgIpc) is 2.48.